The molecule has 0 unspecified atom stereocenters. The number of rotatable bonds is 0. The summed E-state index contributed by atoms with van der Waals surface area (Å²) in [5, 5.41) is 0. The quantitative estimate of drug-likeness (QED) is 0.491. The highest BCUT2D eigenvalue weighted by atomic mass is 15.3. The van der Waals surface area contributed by atoms with Gasteiger partial charge in [0.25, 0.3) is 0 Å². The standard InChI is InChI=1S/C14H30N4/c1-13(2,3)15-11(17(7)8)12(18(9)10)16-14(4,5)6/h1-10H3. The molecule has 4 nitrogen and oxygen atoms in total. The van der Waals surface area contributed by atoms with Gasteiger partial charge in [0.05, 0.1) is 11.1 Å². The zero-order valence-corrected chi connectivity index (χ0v) is 13.8. The molecule has 18 heavy (non-hydrogen) atoms. The van der Waals surface area contributed by atoms with Crippen LogP contribution in [0.2, 0.25) is 0 Å². The van der Waals surface area contributed by atoms with Gasteiger partial charge in [0.1, 0.15) is 0 Å². The van der Waals surface area contributed by atoms with Crippen LogP contribution in [0.1, 0.15) is 41.5 Å². The predicted octanol–water partition coefficient (Wildman–Crippen LogP) is 2.50. The lowest BCUT2D eigenvalue weighted by molar-refractivity contribution is 0.525. The van der Waals surface area contributed by atoms with Gasteiger partial charge in [-0.1, -0.05) is 0 Å². The summed E-state index contributed by atoms with van der Waals surface area (Å²) >= 11 is 0. The molecule has 0 fully saturated rings. The summed E-state index contributed by atoms with van der Waals surface area (Å²) in [5.74, 6) is 1.84. The van der Waals surface area contributed by atoms with Crippen molar-refractivity contribution in [1.82, 2.24) is 9.80 Å². The van der Waals surface area contributed by atoms with Gasteiger partial charge in [-0.15, -0.1) is 0 Å². The monoisotopic (exact) mass is 254 g/mol. The van der Waals surface area contributed by atoms with Gasteiger partial charge in [-0.3, -0.25) is 9.98 Å². The summed E-state index contributed by atoms with van der Waals surface area (Å²) < 4.78 is 0. The van der Waals surface area contributed by atoms with Crippen LogP contribution in [0.4, 0.5) is 0 Å². The molecule has 0 saturated carbocycles. The van der Waals surface area contributed by atoms with E-state index in [2.05, 4.69) is 41.5 Å². The molecular formula is C14H30N4. The summed E-state index contributed by atoms with van der Waals surface area (Å²) in [5.41, 5.74) is -0.234. The van der Waals surface area contributed by atoms with Gasteiger partial charge in [0, 0.05) is 28.2 Å². The number of hydrogen-bond donors (Lipinski definition) is 0. The molecule has 0 rings (SSSR count). The van der Waals surface area contributed by atoms with Crippen molar-refractivity contribution in [1.29, 1.82) is 0 Å². The third-order valence-electron chi connectivity index (χ3n) is 1.93. The number of nitrogens with zero attached hydrogens (tertiary/aromatic N) is 4. The molecule has 4 heteroatoms. The molecule has 0 heterocycles. The van der Waals surface area contributed by atoms with E-state index in [4.69, 9.17) is 9.98 Å². The predicted molar refractivity (Wildman–Crippen MR) is 81.8 cm³/mol. The average molecular weight is 254 g/mol. The van der Waals surface area contributed by atoms with Gasteiger partial charge in [-0.2, -0.15) is 0 Å². The fourth-order valence-electron chi connectivity index (χ4n) is 1.34. The van der Waals surface area contributed by atoms with Gasteiger partial charge in [-0.25, -0.2) is 0 Å². The Hall–Kier alpha value is -1.06. The molecule has 0 aromatic carbocycles. The highest BCUT2D eigenvalue weighted by Crippen LogP contribution is 2.12. The molecule has 0 atom stereocenters. The van der Waals surface area contributed by atoms with Crippen molar-refractivity contribution in [3.63, 3.8) is 0 Å². The molecule has 0 aliphatic heterocycles. The Kier molecular flexibility index (Phi) is 5.38. The van der Waals surface area contributed by atoms with Gasteiger partial charge in [-0.05, 0) is 41.5 Å². The minimum Gasteiger partial charge on any atom is -0.360 e. The van der Waals surface area contributed by atoms with E-state index in [1.54, 1.807) is 0 Å². The first-order valence-electron chi connectivity index (χ1n) is 6.38. The lowest BCUT2D eigenvalue weighted by atomic mass is 10.1. The molecule has 0 spiro atoms. The highest BCUT2D eigenvalue weighted by molar-refractivity contribution is 6.40. The Morgan fingerprint density at radius 3 is 0.944 bits per heavy atom. The molecule has 0 aliphatic rings. The Balaban J connectivity index is 5.71. The third-order valence-corrected chi connectivity index (χ3v) is 1.93. The molecular weight excluding hydrogens is 224 g/mol. The molecule has 0 N–H and O–H groups in total. The lowest BCUT2D eigenvalue weighted by Crippen LogP contribution is -2.42. The van der Waals surface area contributed by atoms with Crippen LogP contribution in [-0.4, -0.2) is 60.7 Å². The minimum atomic E-state index is -0.117. The zero-order chi connectivity index (χ0) is 14.7. The van der Waals surface area contributed by atoms with Crippen LogP contribution >= 0.6 is 0 Å². The van der Waals surface area contributed by atoms with Gasteiger partial charge >= 0.3 is 0 Å². The molecule has 106 valence electrons. The van der Waals surface area contributed by atoms with E-state index in [1.165, 1.54) is 0 Å². The highest BCUT2D eigenvalue weighted by Gasteiger charge is 2.21. The largest absolute Gasteiger partial charge is 0.360 e. The van der Waals surface area contributed by atoms with Crippen molar-refractivity contribution in [2.75, 3.05) is 28.2 Å². The number of hydrogen-bond acceptors (Lipinski definition) is 2. The SMILES string of the molecule is CN(C)C(=NC(C)(C)C)C(=NC(C)(C)C)N(C)C. The third kappa shape index (κ3) is 6.62. The van der Waals surface area contributed by atoms with Gasteiger partial charge in [0.15, 0.2) is 11.7 Å². The topological polar surface area (TPSA) is 31.2 Å². The summed E-state index contributed by atoms with van der Waals surface area (Å²) in [6, 6.07) is 0. The van der Waals surface area contributed by atoms with Gasteiger partial charge in [0.2, 0.25) is 0 Å². The van der Waals surface area contributed by atoms with Crippen molar-refractivity contribution in [3.8, 4) is 0 Å². The van der Waals surface area contributed by atoms with E-state index in [9.17, 15) is 0 Å². The Morgan fingerprint density at radius 1 is 0.611 bits per heavy atom. The van der Waals surface area contributed by atoms with Crippen molar-refractivity contribution < 1.29 is 0 Å². The molecule has 0 radical (unpaired) electrons. The van der Waals surface area contributed by atoms with Crippen molar-refractivity contribution in [3.05, 3.63) is 0 Å². The Bertz CT molecular complexity index is 291. The van der Waals surface area contributed by atoms with E-state index in [-0.39, 0.29) is 11.1 Å². The van der Waals surface area contributed by atoms with Crippen molar-refractivity contribution >= 4 is 11.7 Å². The minimum absolute atomic E-state index is 0.117. The maximum atomic E-state index is 4.78. The second-order valence-electron chi connectivity index (χ2n) is 7.00. The maximum absolute atomic E-state index is 4.78. The smallest absolute Gasteiger partial charge is 0.166 e. The van der Waals surface area contributed by atoms with E-state index in [0.29, 0.717) is 0 Å². The first-order valence-corrected chi connectivity index (χ1v) is 6.38. The lowest BCUT2D eigenvalue weighted by Gasteiger charge is -2.28. The summed E-state index contributed by atoms with van der Waals surface area (Å²) in [4.78, 5) is 13.6. The number of aliphatic imine (C=N–C) groups is 2. The molecule has 0 saturated heterocycles. The molecule has 0 aromatic heterocycles. The van der Waals surface area contributed by atoms with Crippen LogP contribution < -0.4 is 0 Å². The van der Waals surface area contributed by atoms with E-state index in [1.807, 2.05) is 38.0 Å². The first kappa shape index (κ1) is 16.9. The van der Waals surface area contributed by atoms with Crippen LogP contribution in [0.3, 0.4) is 0 Å². The average Bonchev–Trinajstić information content (AvgIpc) is 2.06. The summed E-state index contributed by atoms with van der Waals surface area (Å²) in [6.07, 6.45) is 0. The molecule has 0 bridgehead atoms. The van der Waals surface area contributed by atoms with Crippen LogP contribution in [0.25, 0.3) is 0 Å². The molecule has 0 aliphatic carbocycles. The zero-order valence-electron chi connectivity index (χ0n) is 13.8. The van der Waals surface area contributed by atoms with E-state index < -0.39 is 0 Å². The summed E-state index contributed by atoms with van der Waals surface area (Å²) in [6.45, 7) is 12.6. The number of likely N-dealkylation sites (N-methyl/N-ethyl adjacent to an activating group) is 2. The van der Waals surface area contributed by atoms with Crippen molar-refractivity contribution in [2.45, 2.75) is 52.6 Å². The fourth-order valence-corrected chi connectivity index (χ4v) is 1.34. The van der Waals surface area contributed by atoms with Crippen LogP contribution in [0, 0.1) is 0 Å². The van der Waals surface area contributed by atoms with Crippen LogP contribution in [-0.2, 0) is 0 Å². The second kappa shape index (κ2) is 5.72. The van der Waals surface area contributed by atoms with Crippen LogP contribution in [0.15, 0.2) is 9.98 Å². The fraction of sp³-hybridized carbons (Fsp3) is 0.857. The maximum Gasteiger partial charge on any atom is 0.166 e. The van der Waals surface area contributed by atoms with E-state index >= 15 is 0 Å². The summed E-state index contributed by atoms with van der Waals surface area (Å²) in [7, 11) is 8.02. The van der Waals surface area contributed by atoms with Gasteiger partial charge < -0.3 is 9.80 Å². The Morgan fingerprint density at radius 2 is 0.833 bits per heavy atom. The number of amidine groups is 2. The normalized spacial score (nSPS) is 14.8. The molecule has 0 amide bonds. The molecule has 0 aromatic rings. The van der Waals surface area contributed by atoms with E-state index in [0.717, 1.165) is 11.7 Å². The Labute approximate surface area is 113 Å². The van der Waals surface area contributed by atoms with Crippen LogP contribution in [0.5, 0.6) is 0 Å². The first-order chi connectivity index (χ1) is 7.83. The van der Waals surface area contributed by atoms with Crippen molar-refractivity contribution in [2.24, 2.45) is 9.98 Å². The second-order valence-corrected chi connectivity index (χ2v) is 7.00.